The van der Waals surface area contributed by atoms with Crippen LogP contribution in [0.2, 0.25) is 0 Å². The minimum Gasteiger partial charge on any atom is -0.489 e. The van der Waals surface area contributed by atoms with Crippen LogP contribution < -0.4 is 9.47 Å². The molecule has 1 aliphatic rings. The number of benzene rings is 2. The van der Waals surface area contributed by atoms with Crippen LogP contribution in [0.25, 0.3) is 11.1 Å². The van der Waals surface area contributed by atoms with Crippen molar-refractivity contribution in [1.29, 1.82) is 0 Å². The van der Waals surface area contributed by atoms with Gasteiger partial charge in [-0.15, -0.1) is 0 Å². The molecule has 0 bridgehead atoms. The number of thioether (sulfide) groups is 1. The third-order valence-electron chi connectivity index (χ3n) is 5.98. The Kier molecular flexibility index (Phi) is 7.53. The maximum atomic E-state index is 15.4. The van der Waals surface area contributed by atoms with Gasteiger partial charge in [0.05, 0.1) is 12.2 Å². The number of fused-ring (bicyclic) bond motifs is 1. The summed E-state index contributed by atoms with van der Waals surface area (Å²) in [6, 6.07) is 12.2. The fourth-order valence-corrected chi connectivity index (χ4v) is 4.69. The van der Waals surface area contributed by atoms with Gasteiger partial charge in [-0.25, -0.2) is 13.8 Å². The Morgan fingerprint density at radius 2 is 1.79 bits per heavy atom. The van der Waals surface area contributed by atoms with Crippen LogP contribution in [-0.2, 0) is 19.4 Å². The van der Waals surface area contributed by atoms with E-state index >= 15 is 4.39 Å². The summed E-state index contributed by atoms with van der Waals surface area (Å²) in [6.45, 7) is 4.43. The van der Waals surface area contributed by atoms with Crippen molar-refractivity contribution in [2.45, 2.75) is 39.7 Å². The average Bonchev–Trinajstić information content (AvgIpc) is 3.17. The molecule has 0 saturated heterocycles. The van der Waals surface area contributed by atoms with Crippen LogP contribution in [0.15, 0.2) is 42.5 Å². The summed E-state index contributed by atoms with van der Waals surface area (Å²) < 4.78 is 41.4. The highest BCUT2D eigenvalue weighted by Gasteiger charge is 2.20. The minimum absolute atomic E-state index is 0.0850. The summed E-state index contributed by atoms with van der Waals surface area (Å²) in [6.07, 6.45) is 5.06. The molecule has 0 amide bonds. The Morgan fingerprint density at radius 1 is 1.00 bits per heavy atom. The molecule has 1 atom stereocenters. The average molecular weight is 470 g/mol. The first-order valence-corrected chi connectivity index (χ1v) is 12.7. The molecular weight excluding hydrogens is 440 g/mol. The van der Waals surface area contributed by atoms with E-state index in [-0.39, 0.29) is 12.2 Å². The Hall–Kier alpha value is -2.60. The lowest BCUT2D eigenvalue weighted by Crippen LogP contribution is -2.05. The topological polar surface area (TPSA) is 31.4 Å². The highest BCUT2D eigenvalue weighted by atomic mass is 32.2. The van der Waals surface area contributed by atoms with Crippen LogP contribution in [0, 0.1) is 24.5 Å². The van der Waals surface area contributed by atoms with Gasteiger partial charge in [0.25, 0.3) is 0 Å². The number of ether oxygens (including phenoxy) is 2. The molecule has 3 aromatic rings. The number of hydrogen-bond donors (Lipinski definition) is 0. The molecule has 0 spiro atoms. The second-order valence-corrected chi connectivity index (χ2v) is 9.58. The molecule has 1 heterocycles. The monoisotopic (exact) mass is 469 g/mol. The number of nitrogens with zero attached hydrogens (tertiary/aromatic N) is 1. The third-order valence-corrected chi connectivity index (χ3v) is 6.67. The first-order valence-electron chi connectivity index (χ1n) is 11.3. The lowest BCUT2D eigenvalue weighted by atomic mass is 10.0. The first-order chi connectivity index (χ1) is 16.0. The van der Waals surface area contributed by atoms with E-state index in [2.05, 4.69) is 24.2 Å². The van der Waals surface area contributed by atoms with E-state index < -0.39 is 11.6 Å². The van der Waals surface area contributed by atoms with Crippen molar-refractivity contribution in [3.63, 3.8) is 0 Å². The molecule has 174 valence electrons. The van der Waals surface area contributed by atoms with Crippen molar-refractivity contribution in [1.82, 2.24) is 4.98 Å². The first kappa shape index (κ1) is 23.6. The number of aromatic nitrogens is 1. The molecule has 0 fully saturated rings. The van der Waals surface area contributed by atoms with Crippen molar-refractivity contribution in [2.24, 2.45) is 5.92 Å². The zero-order chi connectivity index (χ0) is 23.4. The van der Waals surface area contributed by atoms with Gasteiger partial charge in [-0.05, 0) is 85.6 Å². The van der Waals surface area contributed by atoms with E-state index in [1.165, 1.54) is 23.3 Å². The summed E-state index contributed by atoms with van der Waals surface area (Å²) in [5.74, 6) is 1.54. The lowest BCUT2D eigenvalue weighted by molar-refractivity contribution is 0.292. The summed E-state index contributed by atoms with van der Waals surface area (Å²) in [5.41, 5.74) is 4.04. The SMILES string of the molecule is CSCCCOc1ccc(-c2ccc(F)c(COc3ccc4c(c3)CC(C)C4)c2F)c(C)n1. The van der Waals surface area contributed by atoms with Crippen molar-refractivity contribution in [2.75, 3.05) is 18.6 Å². The highest BCUT2D eigenvalue weighted by molar-refractivity contribution is 7.98. The number of aryl methyl sites for hydroxylation is 1. The molecule has 0 radical (unpaired) electrons. The number of rotatable bonds is 9. The fourth-order valence-electron chi connectivity index (χ4n) is 4.28. The predicted octanol–water partition coefficient (Wildman–Crippen LogP) is 6.78. The van der Waals surface area contributed by atoms with E-state index in [0.717, 1.165) is 25.0 Å². The number of pyridine rings is 1. The Morgan fingerprint density at radius 3 is 2.58 bits per heavy atom. The smallest absolute Gasteiger partial charge is 0.213 e. The summed E-state index contributed by atoms with van der Waals surface area (Å²) >= 11 is 1.77. The van der Waals surface area contributed by atoms with Crippen LogP contribution in [0.5, 0.6) is 11.6 Å². The molecule has 0 saturated carbocycles. The summed E-state index contributed by atoms with van der Waals surface area (Å²) in [7, 11) is 0. The number of halogens is 2. The molecule has 1 aliphatic carbocycles. The Bertz CT molecular complexity index is 1140. The second kappa shape index (κ2) is 10.6. The minimum atomic E-state index is -0.622. The van der Waals surface area contributed by atoms with Crippen molar-refractivity contribution in [3.8, 4) is 22.8 Å². The van der Waals surface area contributed by atoms with E-state index in [4.69, 9.17) is 9.47 Å². The van der Waals surface area contributed by atoms with Gasteiger partial charge in [0.1, 0.15) is 24.0 Å². The van der Waals surface area contributed by atoms with E-state index in [1.807, 2.05) is 12.1 Å². The second-order valence-electron chi connectivity index (χ2n) is 8.60. The zero-order valence-corrected chi connectivity index (χ0v) is 20.1. The van der Waals surface area contributed by atoms with Crippen LogP contribution >= 0.6 is 11.8 Å². The molecule has 0 aliphatic heterocycles. The van der Waals surface area contributed by atoms with Crippen molar-refractivity contribution < 1.29 is 18.3 Å². The fraction of sp³-hybridized carbons (Fsp3) is 0.370. The molecule has 2 aromatic carbocycles. The van der Waals surface area contributed by atoms with Crippen LogP contribution in [0.3, 0.4) is 0 Å². The van der Waals surface area contributed by atoms with Crippen molar-refractivity contribution in [3.05, 3.63) is 76.5 Å². The standard InChI is InChI=1S/C27H29F2NO2S/c1-17-13-19-5-6-21(15-20(19)14-17)32-16-24-25(28)9-7-23(27(24)29)22-8-10-26(30-18(22)2)31-11-4-12-33-3/h5-10,15,17H,4,11-14,16H2,1-3H3. The molecule has 33 heavy (non-hydrogen) atoms. The maximum absolute atomic E-state index is 15.4. The molecule has 1 aromatic heterocycles. The van der Waals surface area contributed by atoms with Gasteiger partial charge in [-0.2, -0.15) is 11.8 Å². The van der Waals surface area contributed by atoms with Crippen molar-refractivity contribution >= 4 is 11.8 Å². The molecule has 3 nitrogen and oxygen atoms in total. The van der Waals surface area contributed by atoms with Gasteiger partial charge in [0, 0.05) is 22.9 Å². The third kappa shape index (κ3) is 5.49. The van der Waals surface area contributed by atoms with E-state index in [0.29, 0.717) is 41.0 Å². The molecule has 0 N–H and O–H groups in total. The molecule has 4 rings (SSSR count). The molecule has 6 heteroatoms. The van der Waals surface area contributed by atoms with Gasteiger partial charge in [0.2, 0.25) is 5.88 Å². The van der Waals surface area contributed by atoms with Crippen LogP contribution in [0.4, 0.5) is 8.78 Å². The molecular formula is C27H29F2NO2S. The Labute approximate surface area is 198 Å². The number of hydrogen-bond acceptors (Lipinski definition) is 4. The quantitative estimate of drug-likeness (QED) is 0.323. The Balaban J connectivity index is 1.51. The van der Waals surface area contributed by atoms with Crippen LogP contribution in [-0.4, -0.2) is 23.6 Å². The van der Waals surface area contributed by atoms with Gasteiger partial charge in [-0.1, -0.05) is 13.0 Å². The summed E-state index contributed by atoms with van der Waals surface area (Å²) in [5, 5.41) is 0. The summed E-state index contributed by atoms with van der Waals surface area (Å²) in [4.78, 5) is 4.45. The zero-order valence-electron chi connectivity index (χ0n) is 19.3. The lowest BCUT2D eigenvalue weighted by Gasteiger charge is -2.14. The van der Waals surface area contributed by atoms with Gasteiger partial charge in [-0.3, -0.25) is 0 Å². The highest BCUT2D eigenvalue weighted by Crippen LogP contribution is 2.32. The van der Waals surface area contributed by atoms with E-state index in [1.54, 1.807) is 30.8 Å². The van der Waals surface area contributed by atoms with Gasteiger partial charge in [0.15, 0.2) is 0 Å². The normalized spacial score (nSPS) is 14.9. The maximum Gasteiger partial charge on any atom is 0.213 e. The van der Waals surface area contributed by atoms with Gasteiger partial charge >= 0.3 is 0 Å². The largest absolute Gasteiger partial charge is 0.489 e. The predicted molar refractivity (Wildman–Crippen MR) is 130 cm³/mol. The van der Waals surface area contributed by atoms with E-state index in [9.17, 15) is 4.39 Å². The van der Waals surface area contributed by atoms with Gasteiger partial charge < -0.3 is 9.47 Å². The molecule has 1 unspecified atom stereocenters. The van der Waals surface area contributed by atoms with Crippen LogP contribution in [0.1, 0.15) is 35.7 Å².